The number of aromatic amines is 1. The predicted molar refractivity (Wildman–Crippen MR) is 161 cm³/mol. The van der Waals surface area contributed by atoms with Crippen molar-refractivity contribution in [1.29, 1.82) is 5.26 Å². The molecule has 5 rings (SSSR count). The third-order valence-electron chi connectivity index (χ3n) is 7.04. The first kappa shape index (κ1) is 29.4. The number of likely N-dealkylation sites (tertiary alicyclic amines) is 1. The van der Waals surface area contributed by atoms with E-state index in [2.05, 4.69) is 20.5 Å². The van der Waals surface area contributed by atoms with E-state index in [9.17, 15) is 9.59 Å². The van der Waals surface area contributed by atoms with Crippen LogP contribution in [0.25, 0.3) is 10.9 Å². The summed E-state index contributed by atoms with van der Waals surface area (Å²) in [7, 11) is 0. The molecule has 1 saturated heterocycles. The molecule has 0 bridgehead atoms. The zero-order valence-corrected chi connectivity index (χ0v) is 24.1. The van der Waals surface area contributed by atoms with Crippen molar-refractivity contribution < 1.29 is 18.7 Å². The van der Waals surface area contributed by atoms with Gasteiger partial charge in [0.15, 0.2) is 11.6 Å². The van der Waals surface area contributed by atoms with E-state index < -0.39 is 11.7 Å². The molecule has 3 N–H and O–H groups in total. The minimum Gasteiger partial charge on any atom is -0.453 e. The van der Waals surface area contributed by atoms with Crippen LogP contribution in [-0.2, 0) is 11.3 Å². The maximum atomic E-state index is 15.3. The number of rotatable bonds is 9. The van der Waals surface area contributed by atoms with Crippen LogP contribution in [0.3, 0.4) is 0 Å². The predicted octanol–water partition coefficient (Wildman–Crippen LogP) is 7.02. The SMILES string of the molecule is N#Cc1cc(Cl)cc(Oc2c(Cl)ccc(CNC(=O)c3cc4cc(NC(=O)CCN5CCCCC5)ccc4[nH]3)c2F)c1. The fraction of sp³-hybridized carbons (Fsp3) is 0.258. The summed E-state index contributed by atoms with van der Waals surface area (Å²) in [6, 6.07) is 16.2. The second kappa shape index (κ2) is 13.3. The van der Waals surface area contributed by atoms with Gasteiger partial charge in [-0.05, 0) is 74.5 Å². The van der Waals surface area contributed by atoms with Crippen LogP contribution in [0.4, 0.5) is 10.1 Å². The number of nitrogens with one attached hydrogen (secondary N) is 3. The highest BCUT2D eigenvalue weighted by Gasteiger charge is 2.18. The number of halogens is 3. The summed E-state index contributed by atoms with van der Waals surface area (Å²) in [6.45, 7) is 2.69. The fourth-order valence-corrected chi connectivity index (χ4v) is 5.29. The topological polar surface area (TPSA) is 110 Å². The Kier molecular flexibility index (Phi) is 9.28. The van der Waals surface area contributed by atoms with Gasteiger partial charge in [0.05, 0.1) is 16.7 Å². The lowest BCUT2D eigenvalue weighted by Crippen LogP contribution is -2.32. The first-order chi connectivity index (χ1) is 20.3. The average molecular weight is 609 g/mol. The van der Waals surface area contributed by atoms with Crippen LogP contribution in [0.5, 0.6) is 11.5 Å². The maximum absolute atomic E-state index is 15.3. The molecule has 0 saturated carbocycles. The Morgan fingerprint density at radius 2 is 1.86 bits per heavy atom. The number of hydrogen-bond acceptors (Lipinski definition) is 5. The minimum absolute atomic E-state index is 0.0195. The van der Waals surface area contributed by atoms with Crippen molar-refractivity contribution in [3.8, 4) is 17.6 Å². The van der Waals surface area contributed by atoms with Crippen molar-refractivity contribution in [2.45, 2.75) is 32.2 Å². The lowest BCUT2D eigenvalue weighted by atomic mass is 10.1. The molecule has 42 heavy (non-hydrogen) atoms. The van der Waals surface area contributed by atoms with Crippen LogP contribution in [0.15, 0.2) is 54.6 Å². The molecule has 3 aromatic carbocycles. The number of nitriles is 1. The molecule has 1 aromatic heterocycles. The van der Waals surface area contributed by atoms with Gasteiger partial charge >= 0.3 is 0 Å². The van der Waals surface area contributed by atoms with Crippen LogP contribution >= 0.6 is 23.2 Å². The number of H-pyrrole nitrogens is 1. The molecule has 0 unspecified atom stereocenters. The summed E-state index contributed by atoms with van der Waals surface area (Å²) >= 11 is 12.2. The van der Waals surface area contributed by atoms with E-state index in [1.54, 1.807) is 24.3 Å². The van der Waals surface area contributed by atoms with Gasteiger partial charge in [0.1, 0.15) is 11.4 Å². The smallest absolute Gasteiger partial charge is 0.267 e. The molecular formula is C31H28Cl2FN5O3. The lowest BCUT2D eigenvalue weighted by Gasteiger charge is -2.25. The van der Waals surface area contributed by atoms with Crippen molar-refractivity contribution in [2.75, 3.05) is 25.0 Å². The summed E-state index contributed by atoms with van der Waals surface area (Å²) in [4.78, 5) is 30.7. The van der Waals surface area contributed by atoms with Gasteiger partial charge in [-0.1, -0.05) is 35.7 Å². The van der Waals surface area contributed by atoms with E-state index in [1.165, 1.54) is 49.6 Å². The summed E-state index contributed by atoms with van der Waals surface area (Å²) in [5, 5.41) is 15.8. The van der Waals surface area contributed by atoms with Crippen LogP contribution in [0.1, 0.15) is 47.3 Å². The molecule has 1 aliphatic rings. The van der Waals surface area contributed by atoms with Gasteiger partial charge in [0, 0.05) is 46.7 Å². The van der Waals surface area contributed by atoms with E-state index in [4.69, 9.17) is 33.2 Å². The highest BCUT2D eigenvalue weighted by Crippen LogP contribution is 2.35. The van der Waals surface area contributed by atoms with Gasteiger partial charge < -0.3 is 25.3 Å². The van der Waals surface area contributed by atoms with Crippen LogP contribution in [-0.4, -0.2) is 41.3 Å². The quantitative estimate of drug-likeness (QED) is 0.189. The second-order valence-corrected chi connectivity index (χ2v) is 11.0. The largest absolute Gasteiger partial charge is 0.453 e. The number of piperidine rings is 1. The third kappa shape index (κ3) is 7.21. The summed E-state index contributed by atoms with van der Waals surface area (Å²) in [6.07, 6.45) is 4.04. The molecule has 8 nitrogen and oxygen atoms in total. The Morgan fingerprint density at radius 3 is 2.64 bits per heavy atom. The van der Waals surface area contributed by atoms with E-state index in [1.807, 2.05) is 6.07 Å². The lowest BCUT2D eigenvalue weighted by molar-refractivity contribution is -0.116. The number of benzene rings is 3. The van der Waals surface area contributed by atoms with Crippen LogP contribution < -0.4 is 15.4 Å². The number of nitrogens with zero attached hydrogens (tertiary/aromatic N) is 2. The van der Waals surface area contributed by atoms with Gasteiger partial charge in [-0.2, -0.15) is 5.26 Å². The molecule has 0 aliphatic carbocycles. The van der Waals surface area contributed by atoms with Crippen molar-refractivity contribution in [2.24, 2.45) is 0 Å². The molecule has 0 atom stereocenters. The highest BCUT2D eigenvalue weighted by molar-refractivity contribution is 6.32. The number of aromatic nitrogens is 1. The molecule has 2 heterocycles. The highest BCUT2D eigenvalue weighted by atomic mass is 35.5. The molecular weight excluding hydrogens is 580 g/mol. The van der Waals surface area contributed by atoms with Gasteiger partial charge in [-0.15, -0.1) is 0 Å². The van der Waals surface area contributed by atoms with Gasteiger partial charge in [0.25, 0.3) is 5.91 Å². The van der Waals surface area contributed by atoms with Gasteiger partial charge in [-0.3, -0.25) is 9.59 Å². The zero-order valence-electron chi connectivity index (χ0n) is 22.6. The van der Waals surface area contributed by atoms with Crippen molar-refractivity contribution in [1.82, 2.24) is 15.2 Å². The number of carbonyl (C=O) groups excluding carboxylic acids is 2. The fourth-order valence-electron chi connectivity index (χ4n) is 4.88. The normalized spacial score (nSPS) is 13.5. The molecule has 0 radical (unpaired) electrons. The molecule has 1 aliphatic heterocycles. The molecule has 216 valence electrons. The van der Waals surface area contributed by atoms with E-state index >= 15 is 4.39 Å². The number of anilines is 1. The standard InChI is InChI=1S/C31H28Cl2FN5O3/c32-22-12-19(17-35)13-24(16-22)42-30-25(33)6-4-20(29(30)34)18-36-31(41)27-15-21-14-23(5-7-26(21)38-27)37-28(40)8-11-39-9-2-1-3-10-39/h4-7,12-16,38H,1-3,8-11,18H2,(H,36,41)(H,37,40). The summed E-state index contributed by atoms with van der Waals surface area (Å²) in [5.74, 6) is -1.34. The number of ether oxygens (including phenoxy) is 1. The first-order valence-corrected chi connectivity index (χ1v) is 14.3. The third-order valence-corrected chi connectivity index (χ3v) is 7.56. The number of amides is 2. The van der Waals surface area contributed by atoms with Crippen molar-refractivity contribution >= 4 is 51.6 Å². The molecule has 11 heteroatoms. The van der Waals surface area contributed by atoms with Gasteiger partial charge in [0.2, 0.25) is 5.91 Å². The zero-order chi connectivity index (χ0) is 29.6. The van der Waals surface area contributed by atoms with E-state index in [0.29, 0.717) is 12.1 Å². The Morgan fingerprint density at radius 1 is 1.05 bits per heavy atom. The summed E-state index contributed by atoms with van der Waals surface area (Å²) < 4.78 is 21.0. The number of hydrogen-bond donors (Lipinski definition) is 3. The Hall–Kier alpha value is -4.10. The van der Waals surface area contributed by atoms with Crippen LogP contribution in [0.2, 0.25) is 10.0 Å². The average Bonchev–Trinajstić information content (AvgIpc) is 3.41. The van der Waals surface area contributed by atoms with Crippen molar-refractivity contribution in [3.63, 3.8) is 0 Å². The van der Waals surface area contributed by atoms with Gasteiger partial charge in [-0.25, -0.2) is 4.39 Å². The molecule has 2 amide bonds. The Labute approximate surface area is 252 Å². The summed E-state index contributed by atoms with van der Waals surface area (Å²) in [5.41, 5.74) is 2.05. The van der Waals surface area contributed by atoms with E-state index in [-0.39, 0.29) is 50.8 Å². The molecule has 4 aromatic rings. The maximum Gasteiger partial charge on any atom is 0.267 e. The van der Waals surface area contributed by atoms with Crippen LogP contribution in [0, 0.1) is 17.1 Å². The van der Waals surface area contributed by atoms with Crippen molar-refractivity contribution in [3.05, 3.63) is 87.3 Å². The molecule has 0 spiro atoms. The second-order valence-electron chi connectivity index (χ2n) is 10.1. The molecule has 1 fully saturated rings. The number of carbonyl (C=O) groups is 2. The van der Waals surface area contributed by atoms with E-state index in [0.717, 1.165) is 30.5 Å². The minimum atomic E-state index is -0.751. The monoisotopic (exact) mass is 607 g/mol. The number of fused-ring (bicyclic) bond motifs is 1. The first-order valence-electron chi connectivity index (χ1n) is 13.6. The Balaban J connectivity index is 1.21. The Bertz CT molecular complexity index is 1680.